The topological polar surface area (TPSA) is 109 Å². The Morgan fingerprint density at radius 1 is 1.41 bits per heavy atom. The van der Waals surface area contributed by atoms with E-state index in [0.29, 0.717) is 26.6 Å². The van der Waals surface area contributed by atoms with Crippen LogP contribution in [-0.4, -0.2) is 57.6 Å². The lowest BCUT2D eigenvalue weighted by Gasteiger charge is -2.15. The Hall–Kier alpha value is -2.59. The number of phenolic OH excluding ortho intramolecular Hbond substituents is 1. The minimum Gasteiger partial charge on any atom is -0.508 e. The molecular weight excluding hydrogens is 392 g/mol. The van der Waals surface area contributed by atoms with Crippen LogP contribution in [0.15, 0.2) is 28.9 Å². The zero-order valence-corrected chi connectivity index (χ0v) is 15.7. The highest BCUT2D eigenvalue weighted by molar-refractivity contribution is 8.23. The monoisotopic (exact) mass is 408 g/mol. The van der Waals surface area contributed by atoms with Crippen molar-refractivity contribution in [3.05, 3.63) is 30.0 Å². The zero-order valence-electron chi connectivity index (χ0n) is 14.1. The Morgan fingerprint density at radius 3 is 2.96 bits per heavy atom. The van der Waals surface area contributed by atoms with Crippen LogP contribution >= 0.6 is 24.0 Å². The van der Waals surface area contributed by atoms with Crippen LogP contribution in [0, 0.1) is 0 Å². The van der Waals surface area contributed by atoms with Crippen molar-refractivity contribution in [1.29, 1.82) is 0 Å². The van der Waals surface area contributed by atoms with Gasteiger partial charge in [0.1, 0.15) is 15.7 Å². The van der Waals surface area contributed by atoms with Gasteiger partial charge in [0.05, 0.1) is 18.4 Å². The molecule has 1 saturated heterocycles. The summed E-state index contributed by atoms with van der Waals surface area (Å²) in [6, 6.07) is 4.59. The van der Waals surface area contributed by atoms with Gasteiger partial charge in [0.2, 0.25) is 5.91 Å². The molecule has 0 bridgehead atoms. The largest absolute Gasteiger partial charge is 0.508 e. The first-order valence-corrected chi connectivity index (χ1v) is 9.42. The van der Waals surface area contributed by atoms with Gasteiger partial charge in [0, 0.05) is 30.1 Å². The van der Waals surface area contributed by atoms with Crippen molar-refractivity contribution in [2.24, 2.45) is 0 Å². The summed E-state index contributed by atoms with van der Waals surface area (Å²) in [6.07, 6.45) is 1.36. The fourth-order valence-electron chi connectivity index (χ4n) is 2.52. The van der Waals surface area contributed by atoms with E-state index in [2.05, 4.69) is 5.32 Å². The van der Waals surface area contributed by atoms with Crippen LogP contribution in [0.1, 0.15) is 5.56 Å². The van der Waals surface area contributed by atoms with E-state index < -0.39 is 18.5 Å². The van der Waals surface area contributed by atoms with Gasteiger partial charge in [-0.15, -0.1) is 0 Å². The van der Waals surface area contributed by atoms with Crippen LogP contribution in [0.25, 0.3) is 11.0 Å². The SMILES string of the molecule is O=C(COC(=O)Cc1coc2cc(O)ccc12)NCCN1C(=O)CSC1=S. The zero-order chi connectivity index (χ0) is 19.4. The van der Waals surface area contributed by atoms with Gasteiger partial charge in [-0.25, -0.2) is 0 Å². The third-order valence-corrected chi connectivity index (χ3v) is 5.27. The summed E-state index contributed by atoms with van der Waals surface area (Å²) in [5.41, 5.74) is 1.07. The number of rotatable bonds is 7. The quantitative estimate of drug-likeness (QED) is 0.520. The molecule has 0 spiro atoms. The Balaban J connectivity index is 1.41. The van der Waals surface area contributed by atoms with Gasteiger partial charge in [0.25, 0.3) is 5.91 Å². The van der Waals surface area contributed by atoms with Crippen LogP contribution < -0.4 is 5.32 Å². The highest BCUT2D eigenvalue weighted by Crippen LogP contribution is 2.25. The maximum Gasteiger partial charge on any atom is 0.310 e. The van der Waals surface area contributed by atoms with Gasteiger partial charge >= 0.3 is 5.97 Å². The minimum absolute atomic E-state index is 0.0567. The average Bonchev–Trinajstić information content (AvgIpc) is 3.17. The number of carbonyl (C=O) groups is 3. The smallest absolute Gasteiger partial charge is 0.310 e. The number of fused-ring (bicyclic) bond motifs is 1. The third-order valence-electron chi connectivity index (χ3n) is 3.84. The van der Waals surface area contributed by atoms with E-state index in [1.807, 2.05) is 0 Å². The molecule has 142 valence electrons. The van der Waals surface area contributed by atoms with E-state index in [-0.39, 0.29) is 31.2 Å². The van der Waals surface area contributed by atoms with Crippen molar-refractivity contribution in [2.75, 3.05) is 25.4 Å². The van der Waals surface area contributed by atoms with Crippen molar-refractivity contribution in [2.45, 2.75) is 6.42 Å². The van der Waals surface area contributed by atoms with Gasteiger partial charge in [-0.3, -0.25) is 19.3 Å². The number of nitrogens with one attached hydrogen (secondary N) is 1. The van der Waals surface area contributed by atoms with Crippen LogP contribution in [0.5, 0.6) is 5.75 Å². The molecule has 2 amide bonds. The molecule has 10 heteroatoms. The van der Waals surface area contributed by atoms with Crippen LogP contribution in [-0.2, 0) is 25.5 Å². The number of carbonyl (C=O) groups excluding carboxylic acids is 3. The number of thioether (sulfide) groups is 1. The van der Waals surface area contributed by atoms with Crippen molar-refractivity contribution >= 4 is 57.1 Å². The summed E-state index contributed by atoms with van der Waals surface area (Å²) >= 11 is 6.34. The molecule has 1 aliphatic heterocycles. The van der Waals surface area contributed by atoms with E-state index in [1.165, 1.54) is 35.1 Å². The van der Waals surface area contributed by atoms with E-state index in [4.69, 9.17) is 21.4 Å². The normalized spacial score (nSPS) is 14.0. The van der Waals surface area contributed by atoms with E-state index in [0.717, 1.165) is 0 Å². The third kappa shape index (κ3) is 4.77. The molecule has 0 radical (unpaired) electrons. The fourth-order valence-corrected chi connectivity index (χ4v) is 3.64. The first-order valence-electron chi connectivity index (χ1n) is 8.02. The van der Waals surface area contributed by atoms with Gasteiger partial charge in [-0.2, -0.15) is 0 Å². The van der Waals surface area contributed by atoms with Gasteiger partial charge < -0.3 is 19.6 Å². The summed E-state index contributed by atoms with van der Waals surface area (Å²) in [6.45, 7) is 0.0967. The first-order chi connectivity index (χ1) is 12.9. The summed E-state index contributed by atoms with van der Waals surface area (Å²) in [5.74, 6) is -0.722. The average molecular weight is 408 g/mol. The Morgan fingerprint density at radius 2 is 2.22 bits per heavy atom. The lowest BCUT2D eigenvalue weighted by molar-refractivity contribution is -0.147. The number of hydrogen-bond acceptors (Lipinski definition) is 8. The van der Waals surface area contributed by atoms with E-state index in [9.17, 15) is 19.5 Å². The number of nitrogens with zero attached hydrogens (tertiary/aromatic N) is 1. The number of aromatic hydroxyl groups is 1. The second-order valence-corrected chi connectivity index (χ2v) is 7.34. The summed E-state index contributed by atoms with van der Waals surface area (Å²) < 4.78 is 10.7. The first kappa shape index (κ1) is 19.2. The highest BCUT2D eigenvalue weighted by Gasteiger charge is 2.26. The van der Waals surface area contributed by atoms with Crippen LogP contribution in [0.3, 0.4) is 0 Å². The number of hydrogen-bond donors (Lipinski definition) is 2. The Labute approximate surface area is 163 Å². The molecule has 3 rings (SSSR count). The molecule has 0 saturated carbocycles. The summed E-state index contributed by atoms with van der Waals surface area (Å²) in [7, 11) is 0. The van der Waals surface area contributed by atoms with Crippen LogP contribution in [0.2, 0.25) is 0 Å². The molecule has 2 aromatic rings. The molecule has 2 heterocycles. The molecule has 27 heavy (non-hydrogen) atoms. The Bertz CT molecular complexity index is 894. The molecule has 0 atom stereocenters. The number of ether oxygens (including phenoxy) is 1. The second-order valence-electron chi connectivity index (χ2n) is 5.73. The number of furan rings is 1. The van der Waals surface area contributed by atoms with Crippen molar-refractivity contribution in [3.63, 3.8) is 0 Å². The number of benzene rings is 1. The lowest BCUT2D eigenvalue weighted by Crippen LogP contribution is -2.38. The minimum atomic E-state index is -0.576. The second kappa shape index (κ2) is 8.40. The van der Waals surface area contributed by atoms with Crippen LogP contribution in [0.4, 0.5) is 0 Å². The molecule has 0 aliphatic carbocycles. The maximum absolute atomic E-state index is 11.9. The van der Waals surface area contributed by atoms with Crippen molar-refractivity contribution < 1.29 is 28.6 Å². The summed E-state index contributed by atoms with van der Waals surface area (Å²) in [4.78, 5) is 36.7. The summed E-state index contributed by atoms with van der Waals surface area (Å²) in [5, 5.41) is 12.7. The predicted octanol–water partition coefficient (Wildman–Crippen LogP) is 1.20. The fraction of sp³-hybridized carbons (Fsp3) is 0.294. The molecule has 1 aromatic heterocycles. The number of amides is 2. The predicted molar refractivity (Wildman–Crippen MR) is 102 cm³/mol. The molecule has 1 aromatic carbocycles. The van der Waals surface area contributed by atoms with E-state index >= 15 is 0 Å². The van der Waals surface area contributed by atoms with Crippen molar-refractivity contribution in [3.8, 4) is 5.75 Å². The molecule has 2 N–H and O–H groups in total. The van der Waals surface area contributed by atoms with E-state index in [1.54, 1.807) is 6.07 Å². The van der Waals surface area contributed by atoms with Gasteiger partial charge in [-0.1, -0.05) is 24.0 Å². The molecule has 0 unspecified atom stereocenters. The van der Waals surface area contributed by atoms with Gasteiger partial charge in [-0.05, 0) is 12.1 Å². The van der Waals surface area contributed by atoms with Crippen molar-refractivity contribution in [1.82, 2.24) is 10.2 Å². The molecule has 8 nitrogen and oxygen atoms in total. The maximum atomic E-state index is 11.9. The van der Waals surface area contributed by atoms with Gasteiger partial charge in [0.15, 0.2) is 6.61 Å². The number of esters is 1. The standard InChI is InChI=1S/C17H16N2O6S2/c20-11-1-2-12-10(7-24-13(12)6-11)5-16(23)25-8-14(21)18-3-4-19-15(22)9-27-17(19)26/h1-2,6-7,20H,3-5,8-9H2,(H,18,21). The lowest BCUT2D eigenvalue weighted by atomic mass is 10.1. The molecule has 1 aliphatic rings. The number of thiocarbonyl (C=S) groups is 1. The molecular formula is C17H16N2O6S2. The highest BCUT2D eigenvalue weighted by atomic mass is 32.2. The Kier molecular flexibility index (Phi) is 5.97. The molecule has 1 fully saturated rings. The number of phenols is 1.